The van der Waals surface area contributed by atoms with Crippen molar-refractivity contribution in [3.05, 3.63) is 35.1 Å². The number of halogens is 4. The summed E-state index contributed by atoms with van der Waals surface area (Å²) in [6, 6.07) is 3.79. The molecule has 1 aromatic carbocycles. The first-order valence-electron chi connectivity index (χ1n) is 5.95. The number of benzene rings is 1. The van der Waals surface area contributed by atoms with Crippen LogP contribution in [0.2, 0.25) is 0 Å². The second kappa shape index (κ2) is 7.27. The van der Waals surface area contributed by atoms with Gasteiger partial charge in [-0.05, 0) is 24.7 Å². The largest absolute Gasteiger partial charge is 0.401 e. The third-order valence-electron chi connectivity index (χ3n) is 2.42. The van der Waals surface area contributed by atoms with Gasteiger partial charge in [-0.15, -0.1) is 0 Å². The van der Waals surface area contributed by atoms with E-state index in [-0.39, 0.29) is 19.6 Å². The summed E-state index contributed by atoms with van der Waals surface area (Å²) in [5.41, 5.74) is 0.857. The van der Waals surface area contributed by atoms with Crippen LogP contribution in [0.15, 0.2) is 18.2 Å². The number of hydrogen-bond donors (Lipinski definition) is 1. The lowest BCUT2D eigenvalue weighted by Gasteiger charge is -2.19. The van der Waals surface area contributed by atoms with Crippen molar-refractivity contribution >= 4 is 0 Å². The molecule has 1 rings (SSSR count). The van der Waals surface area contributed by atoms with Crippen LogP contribution >= 0.6 is 0 Å². The summed E-state index contributed by atoms with van der Waals surface area (Å²) in [4.78, 5) is 1.09. The van der Waals surface area contributed by atoms with Crippen LogP contribution in [0, 0.1) is 17.7 Å². The Bertz CT molecular complexity index is 502. The smallest absolute Gasteiger partial charge is 0.395 e. The molecule has 0 fully saturated rings. The van der Waals surface area contributed by atoms with Crippen LogP contribution in [0.3, 0.4) is 0 Å². The fourth-order valence-corrected chi connectivity index (χ4v) is 1.67. The molecule has 0 unspecified atom stereocenters. The Morgan fingerprint density at radius 3 is 2.60 bits per heavy atom. The average Bonchev–Trinajstić information content (AvgIpc) is 2.30. The predicted molar refractivity (Wildman–Crippen MR) is 67.4 cm³/mol. The molecule has 0 saturated carbocycles. The van der Waals surface area contributed by atoms with E-state index in [1.54, 1.807) is 0 Å². The average molecular weight is 289 g/mol. The quantitative estimate of drug-likeness (QED) is 0.680. The van der Waals surface area contributed by atoms with Crippen molar-refractivity contribution in [3.63, 3.8) is 0 Å². The van der Waals surface area contributed by atoms with Crippen molar-refractivity contribution in [3.8, 4) is 11.8 Å². The Morgan fingerprint density at radius 1 is 1.30 bits per heavy atom. The Balaban J connectivity index is 2.87. The highest BCUT2D eigenvalue weighted by atomic mass is 19.4. The van der Waals surface area contributed by atoms with Gasteiger partial charge in [-0.1, -0.05) is 17.9 Å². The number of alkyl halides is 3. The van der Waals surface area contributed by atoms with Crippen LogP contribution in [0.25, 0.3) is 0 Å². The van der Waals surface area contributed by atoms with Crippen molar-refractivity contribution in [1.29, 1.82) is 0 Å². The number of hydrogen-bond acceptors (Lipinski definition) is 2. The molecule has 110 valence electrons. The first kappa shape index (κ1) is 16.5. The summed E-state index contributed by atoms with van der Waals surface area (Å²) in [5.74, 6) is 4.80. The molecular weight excluding hydrogens is 274 g/mol. The molecule has 20 heavy (non-hydrogen) atoms. The lowest BCUT2D eigenvalue weighted by molar-refractivity contribution is -0.144. The summed E-state index contributed by atoms with van der Waals surface area (Å²) in [5, 5.41) is 8.63. The van der Waals surface area contributed by atoms with Crippen LogP contribution < -0.4 is 0 Å². The topological polar surface area (TPSA) is 23.5 Å². The minimum atomic E-state index is -4.28. The van der Waals surface area contributed by atoms with Gasteiger partial charge in [0.15, 0.2) is 0 Å². The van der Waals surface area contributed by atoms with Gasteiger partial charge >= 0.3 is 6.18 Å². The van der Waals surface area contributed by atoms with Crippen molar-refractivity contribution < 1.29 is 22.7 Å². The van der Waals surface area contributed by atoms with Gasteiger partial charge in [0, 0.05) is 18.5 Å². The molecule has 0 amide bonds. The molecular formula is C14H15F4NO. The number of aliphatic hydroxyl groups is 1. The number of aliphatic hydroxyl groups excluding tert-OH is 1. The molecule has 2 nitrogen and oxygen atoms in total. The molecule has 0 saturated heterocycles. The highest BCUT2D eigenvalue weighted by Gasteiger charge is 2.29. The lowest BCUT2D eigenvalue weighted by Crippen LogP contribution is -2.30. The van der Waals surface area contributed by atoms with Crippen LogP contribution in [0.5, 0.6) is 0 Å². The molecule has 0 radical (unpaired) electrons. The van der Waals surface area contributed by atoms with E-state index >= 15 is 0 Å². The Hall–Kier alpha value is -1.58. The lowest BCUT2D eigenvalue weighted by atomic mass is 10.1. The third-order valence-corrected chi connectivity index (χ3v) is 2.42. The first-order valence-corrected chi connectivity index (χ1v) is 5.95. The summed E-state index contributed by atoms with van der Waals surface area (Å²) in [6.45, 7) is -1.15. The van der Waals surface area contributed by atoms with E-state index in [0.717, 1.165) is 4.90 Å². The molecule has 0 atom stereocenters. The SMILES string of the molecule is CN(Cc1ccc(F)cc1C#CCCO)CC(F)(F)F. The normalized spacial score (nSPS) is 11.3. The minimum Gasteiger partial charge on any atom is -0.395 e. The van der Waals surface area contributed by atoms with Gasteiger partial charge in [-0.2, -0.15) is 13.2 Å². The van der Waals surface area contributed by atoms with Crippen molar-refractivity contribution in [2.75, 3.05) is 20.2 Å². The maximum Gasteiger partial charge on any atom is 0.401 e. The van der Waals surface area contributed by atoms with E-state index in [4.69, 9.17) is 5.11 Å². The summed E-state index contributed by atoms with van der Waals surface area (Å²) in [7, 11) is 1.34. The molecule has 0 aromatic heterocycles. The van der Waals surface area contributed by atoms with E-state index < -0.39 is 18.5 Å². The standard InChI is InChI=1S/C14H15F4NO/c1-19(10-14(16,17)18)9-12-5-6-13(15)8-11(12)4-2-3-7-20/h5-6,8,20H,3,7,9-10H2,1H3. The molecule has 0 bridgehead atoms. The Labute approximate surface area is 115 Å². The maximum absolute atomic E-state index is 13.2. The molecule has 1 N–H and O–H groups in total. The van der Waals surface area contributed by atoms with E-state index in [9.17, 15) is 17.6 Å². The second-order valence-corrected chi connectivity index (χ2v) is 4.36. The van der Waals surface area contributed by atoms with Crippen LogP contribution in [0.1, 0.15) is 17.5 Å². The summed E-state index contributed by atoms with van der Waals surface area (Å²) >= 11 is 0. The van der Waals surface area contributed by atoms with Gasteiger partial charge in [-0.3, -0.25) is 4.90 Å². The molecule has 0 aliphatic rings. The second-order valence-electron chi connectivity index (χ2n) is 4.36. The molecule has 1 aromatic rings. The fourth-order valence-electron chi connectivity index (χ4n) is 1.67. The zero-order valence-corrected chi connectivity index (χ0v) is 11.0. The number of rotatable bonds is 4. The van der Waals surface area contributed by atoms with Gasteiger partial charge < -0.3 is 5.11 Å². The van der Waals surface area contributed by atoms with Gasteiger partial charge in [0.1, 0.15) is 5.82 Å². The zero-order valence-electron chi connectivity index (χ0n) is 11.0. The van der Waals surface area contributed by atoms with Crippen molar-refractivity contribution in [2.45, 2.75) is 19.1 Å². The van der Waals surface area contributed by atoms with Crippen LogP contribution in [-0.4, -0.2) is 36.4 Å². The van der Waals surface area contributed by atoms with Crippen LogP contribution in [-0.2, 0) is 6.54 Å². The molecule has 0 heterocycles. The Kier molecular flexibility index (Phi) is 5.99. The third kappa shape index (κ3) is 6.04. The highest BCUT2D eigenvalue weighted by molar-refractivity contribution is 5.41. The van der Waals surface area contributed by atoms with E-state index in [2.05, 4.69) is 11.8 Å². The fraction of sp³-hybridized carbons (Fsp3) is 0.429. The van der Waals surface area contributed by atoms with E-state index in [1.807, 2.05) is 0 Å². The van der Waals surface area contributed by atoms with Gasteiger partial charge in [-0.25, -0.2) is 4.39 Å². The monoisotopic (exact) mass is 289 g/mol. The number of nitrogens with zero attached hydrogens (tertiary/aromatic N) is 1. The first-order chi connectivity index (χ1) is 9.31. The molecule has 0 aliphatic heterocycles. The molecule has 0 aliphatic carbocycles. The Morgan fingerprint density at radius 2 is 2.00 bits per heavy atom. The zero-order chi connectivity index (χ0) is 15.2. The molecule has 6 heteroatoms. The van der Waals surface area contributed by atoms with Crippen molar-refractivity contribution in [1.82, 2.24) is 4.90 Å². The van der Waals surface area contributed by atoms with Crippen molar-refractivity contribution in [2.24, 2.45) is 0 Å². The van der Waals surface area contributed by atoms with Crippen LogP contribution in [0.4, 0.5) is 17.6 Å². The maximum atomic E-state index is 13.2. The van der Waals surface area contributed by atoms with Gasteiger partial charge in [0.2, 0.25) is 0 Å². The predicted octanol–water partition coefficient (Wildman–Crippen LogP) is 2.55. The summed E-state index contributed by atoms with van der Waals surface area (Å²) in [6.07, 6.45) is -4.05. The summed E-state index contributed by atoms with van der Waals surface area (Å²) < 4.78 is 49.9. The van der Waals surface area contributed by atoms with Gasteiger partial charge in [0.05, 0.1) is 13.2 Å². The molecule has 0 spiro atoms. The van der Waals surface area contributed by atoms with E-state index in [0.29, 0.717) is 11.1 Å². The van der Waals surface area contributed by atoms with E-state index in [1.165, 1.54) is 25.2 Å². The minimum absolute atomic E-state index is 0.0168. The highest BCUT2D eigenvalue weighted by Crippen LogP contribution is 2.18. The van der Waals surface area contributed by atoms with Gasteiger partial charge in [0.25, 0.3) is 0 Å².